The number of alkyl halides is 3. The van der Waals surface area contributed by atoms with Crippen LogP contribution in [0.15, 0.2) is 18.5 Å². The summed E-state index contributed by atoms with van der Waals surface area (Å²) in [6.45, 7) is 1.94. The van der Waals surface area contributed by atoms with Crippen LogP contribution in [-0.4, -0.2) is 17.2 Å². The van der Waals surface area contributed by atoms with Crippen LogP contribution in [0, 0.1) is 12.8 Å². The molecule has 2 rings (SSSR count). The Morgan fingerprint density at radius 3 is 2.39 bits per heavy atom. The third kappa shape index (κ3) is 3.37. The molecule has 0 radical (unpaired) electrons. The minimum atomic E-state index is -4.03. The molecule has 0 atom stereocenters. The zero-order valence-electron chi connectivity index (χ0n) is 10.3. The van der Waals surface area contributed by atoms with Crippen molar-refractivity contribution in [1.82, 2.24) is 4.98 Å². The van der Waals surface area contributed by atoms with Gasteiger partial charge in [-0.15, -0.1) is 0 Å². The molecule has 2 nitrogen and oxygen atoms in total. The van der Waals surface area contributed by atoms with Crippen LogP contribution < -0.4 is 5.32 Å². The second-order valence-corrected chi connectivity index (χ2v) is 4.99. The molecule has 1 heterocycles. The fourth-order valence-corrected chi connectivity index (χ4v) is 2.43. The zero-order chi connectivity index (χ0) is 13.2. The van der Waals surface area contributed by atoms with Crippen molar-refractivity contribution < 1.29 is 13.2 Å². The summed E-state index contributed by atoms with van der Waals surface area (Å²) < 4.78 is 37.6. The molecule has 0 amide bonds. The number of nitrogens with one attached hydrogen (secondary N) is 1. The molecule has 100 valence electrons. The minimum absolute atomic E-state index is 0.132. The summed E-state index contributed by atoms with van der Waals surface area (Å²) in [5, 5.41) is 3.26. The fourth-order valence-electron chi connectivity index (χ4n) is 2.43. The van der Waals surface area contributed by atoms with Gasteiger partial charge in [0, 0.05) is 18.4 Å². The number of rotatable bonds is 2. The van der Waals surface area contributed by atoms with Gasteiger partial charge in [-0.25, -0.2) is 0 Å². The molecule has 1 aliphatic rings. The van der Waals surface area contributed by atoms with Gasteiger partial charge in [0.2, 0.25) is 0 Å². The molecular weight excluding hydrogens is 241 g/mol. The van der Waals surface area contributed by atoms with Gasteiger partial charge in [-0.2, -0.15) is 13.2 Å². The standard InChI is InChI=1S/C13H17F3N2/c1-9-6-12(8-17-7-9)18-11-4-2-10(3-5-11)13(14,15)16/h6-8,10-11,18H,2-5H2,1H3. The molecule has 0 spiro atoms. The Morgan fingerprint density at radius 2 is 1.83 bits per heavy atom. The van der Waals surface area contributed by atoms with Crippen LogP contribution in [-0.2, 0) is 0 Å². The number of pyridine rings is 1. The van der Waals surface area contributed by atoms with Gasteiger partial charge >= 0.3 is 6.18 Å². The first kappa shape index (κ1) is 13.2. The van der Waals surface area contributed by atoms with Crippen molar-refractivity contribution in [1.29, 1.82) is 0 Å². The van der Waals surface area contributed by atoms with Crippen LogP contribution in [0.25, 0.3) is 0 Å². The highest BCUT2D eigenvalue weighted by molar-refractivity contribution is 5.43. The lowest BCUT2D eigenvalue weighted by Crippen LogP contribution is -2.32. The molecule has 0 saturated heterocycles. The summed E-state index contributed by atoms with van der Waals surface area (Å²) in [6, 6.07) is 2.09. The van der Waals surface area contributed by atoms with Crippen molar-refractivity contribution in [2.75, 3.05) is 5.32 Å². The number of hydrogen-bond donors (Lipinski definition) is 1. The second kappa shape index (κ2) is 5.16. The number of nitrogens with zero attached hydrogens (tertiary/aromatic N) is 1. The van der Waals surface area contributed by atoms with Gasteiger partial charge < -0.3 is 5.32 Å². The van der Waals surface area contributed by atoms with Gasteiger partial charge in [-0.05, 0) is 44.2 Å². The van der Waals surface area contributed by atoms with E-state index < -0.39 is 12.1 Å². The molecule has 1 aliphatic carbocycles. The maximum Gasteiger partial charge on any atom is 0.391 e. The van der Waals surface area contributed by atoms with E-state index in [0.29, 0.717) is 12.8 Å². The molecule has 1 aromatic rings. The van der Waals surface area contributed by atoms with E-state index in [1.165, 1.54) is 0 Å². The molecule has 1 fully saturated rings. The molecular formula is C13H17F3N2. The Kier molecular flexibility index (Phi) is 3.78. The van der Waals surface area contributed by atoms with Gasteiger partial charge in [0.25, 0.3) is 0 Å². The Morgan fingerprint density at radius 1 is 1.17 bits per heavy atom. The molecule has 18 heavy (non-hydrogen) atoms. The average molecular weight is 258 g/mol. The van der Waals surface area contributed by atoms with Crippen LogP contribution in [0.5, 0.6) is 0 Å². The van der Waals surface area contributed by atoms with Gasteiger partial charge in [-0.3, -0.25) is 4.98 Å². The fraction of sp³-hybridized carbons (Fsp3) is 0.615. The summed E-state index contributed by atoms with van der Waals surface area (Å²) in [4.78, 5) is 4.06. The monoisotopic (exact) mass is 258 g/mol. The predicted octanol–water partition coefficient (Wildman–Crippen LogP) is 3.92. The highest BCUT2D eigenvalue weighted by Gasteiger charge is 2.41. The van der Waals surface area contributed by atoms with E-state index in [4.69, 9.17) is 0 Å². The normalized spacial score (nSPS) is 24.9. The van der Waals surface area contributed by atoms with Crippen LogP contribution in [0.1, 0.15) is 31.2 Å². The zero-order valence-corrected chi connectivity index (χ0v) is 10.3. The van der Waals surface area contributed by atoms with Gasteiger partial charge in [0.1, 0.15) is 0 Å². The molecule has 5 heteroatoms. The maximum atomic E-state index is 12.5. The van der Waals surface area contributed by atoms with Crippen LogP contribution >= 0.6 is 0 Å². The highest BCUT2D eigenvalue weighted by atomic mass is 19.4. The Bertz CT molecular complexity index is 395. The quantitative estimate of drug-likeness (QED) is 0.869. The first-order valence-corrected chi connectivity index (χ1v) is 6.20. The minimum Gasteiger partial charge on any atom is -0.381 e. The molecule has 1 saturated carbocycles. The third-order valence-electron chi connectivity index (χ3n) is 3.44. The smallest absolute Gasteiger partial charge is 0.381 e. The lowest BCUT2D eigenvalue weighted by molar-refractivity contribution is -0.182. The Hall–Kier alpha value is -1.26. The van der Waals surface area contributed by atoms with E-state index in [1.54, 1.807) is 12.4 Å². The van der Waals surface area contributed by atoms with Crippen molar-refractivity contribution in [2.24, 2.45) is 5.92 Å². The lowest BCUT2D eigenvalue weighted by Gasteiger charge is -2.30. The number of anilines is 1. The Balaban J connectivity index is 1.87. The Labute approximate surface area is 105 Å². The number of hydrogen-bond acceptors (Lipinski definition) is 2. The topological polar surface area (TPSA) is 24.9 Å². The van der Waals surface area contributed by atoms with E-state index in [0.717, 1.165) is 11.3 Å². The molecule has 0 unspecified atom stereocenters. The van der Waals surface area contributed by atoms with Crippen molar-refractivity contribution >= 4 is 5.69 Å². The highest BCUT2D eigenvalue weighted by Crippen LogP contribution is 2.38. The van der Waals surface area contributed by atoms with Crippen molar-refractivity contribution in [2.45, 2.75) is 44.8 Å². The first-order chi connectivity index (χ1) is 8.45. The predicted molar refractivity (Wildman–Crippen MR) is 64.4 cm³/mol. The number of aromatic nitrogens is 1. The summed E-state index contributed by atoms with van der Waals surface area (Å²) in [7, 11) is 0. The second-order valence-electron chi connectivity index (χ2n) is 4.99. The van der Waals surface area contributed by atoms with Gasteiger partial charge in [0.05, 0.1) is 11.6 Å². The molecule has 0 aliphatic heterocycles. The van der Waals surface area contributed by atoms with Crippen LogP contribution in [0.4, 0.5) is 18.9 Å². The van der Waals surface area contributed by atoms with E-state index in [2.05, 4.69) is 10.3 Å². The van der Waals surface area contributed by atoms with E-state index >= 15 is 0 Å². The lowest BCUT2D eigenvalue weighted by atomic mass is 9.85. The largest absolute Gasteiger partial charge is 0.391 e. The third-order valence-corrected chi connectivity index (χ3v) is 3.44. The van der Waals surface area contributed by atoms with E-state index in [-0.39, 0.29) is 18.9 Å². The van der Waals surface area contributed by atoms with Crippen molar-refractivity contribution in [3.05, 3.63) is 24.0 Å². The average Bonchev–Trinajstić information content (AvgIpc) is 2.28. The summed E-state index contributed by atoms with van der Waals surface area (Å²) in [5.74, 6) is -1.12. The van der Waals surface area contributed by atoms with Crippen molar-refractivity contribution in [3.63, 3.8) is 0 Å². The van der Waals surface area contributed by atoms with Gasteiger partial charge in [-0.1, -0.05) is 0 Å². The molecule has 0 bridgehead atoms. The SMILES string of the molecule is Cc1cncc(NC2CCC(C(F)(F)F)CC2)c1. The summed E-state index contributed by atoms with van der Waals surface area (Å²) >= 11 is 0. The van der Waals surface area contributed by atoms with Crippen LogP contribution in [0.2, 0.25) is 0 Å². The van der Waals surface area contributed by atoms with Crippen LogP contribution in [0.3, 0.4) is 0 Å². The summed E-state index contributed by atoms with van der Waals surface area (Å²) in [5.41, 5.74) is 1.94. The number of halogens is 3. The van der Waals surface area contributed by atoms with E-state index in [1.807, 2.05) is 13.0 Å². The first-order valence-electron chi connectivity index (χ1n) is 6.20. The number of aryl methyl sites for hydroxylation is 1. The summed E-state index contributed by atoms with van der Waals surface area (Å²) in [6.07, 6.45) is 1.02. The molecule has 1 aromatic heterocycles. The van der Waals surface area contributed by atoms with Gasteiger partial charge in [0.15, 0.2) is 0 Å². The maximum absolute atomic E-state index is 12.5. The molecule has 1 N–H and O–H groups in total. The molecule has 0 aromatic carbocycles. The van der Waals surface area contributed by atoms with E-state index in [9.17, 15) is 13.2 Å². The van der Waals surface area contributed by atoms with Crippen molar-refractivity contribution in [3.8, 4) is 0 Å².